The molecule has 11 heavy (non-hydrogen) atoms. The molecule has 0 radical (unpaired) electrons. The molecule has 0 aliphatic heterocycles. The van der Waals surface area contributed by atoms with Crippen molar-refractivity contribution in [3.8, 4) is 0 Å². The van der Waals surface area contributed by atoms with E-state index in [1.807, 2.05) is 0 Å². The minimum atomic E-state index is -1.38. The first-order valence-electron chi connectivity index (χ1n) is 2.42. The lowest BCUT2D eigenvalue weighted by Gasteiger charge is -1.86. The number of carbonyl (C=O) groups is 2. The second-order valence-electron chi connectivity index (χ2n) is 1.57. The molecule has 1 aromatic rings. The van der Waals surface area contributed by atoms with Crippen LogP contribution in [0.4, 0.5) is 0 Å². The van der Waals surface area contributed by atoms with Crippen molar-refractivity contribution in [1.82, 2.24) is 8.75 Å². The Hall–Kier alpha value is -1.50. The molecule has 0 saturated heterocycles. The first-order valence-corrected chi connectivity index (χ1v) is 3.15. The maximum atomic E-state index is 10.2. The predicted octanol–water partition coefficient (Wildman–Crippen LogP) is -0.0655. The first-order chi connectivity index (χ1) is 5.13. The highest BCUT2D eigenvalue weighted by atomic mass is 32.1. The molecular formula is C4H2N2O4S. The van der Waals surface area contributed by atoms with Crippen LogP contribution in [0, 0.1) is 0 Å². The van der Waals surface area contributed by atoms with E-state index in [4.69, 9.17) is 10.2 Å². The van der Waals surface area contributed by atoms with Crippen LogP contribution in [0.2, 0.25) is 0 Å². The Balaban J connectivity index is 3.16. The van der Waals surface area contributed by atoms with Gasteiger partial charge in [0.15, 0.2) is 11.4 Å². The molecule has 0 atom stereocenters. The van der Waals surface area contributed by atoms with E-state index in [9.17, 15) is 9.59 Å². The molecule has 1 aromatic heterocycles. The molecule has 0 aliphatic rings. The van der Waals surface area contributed by atoms with E-state index < -0.39 is 23.3 Å². The molecule has 6 nitrogen and oxygen atoms in total. The zero-order chi connectivity index (χ0) is 8.43. The Morgan fingerprint density at radius 3 is 1.73 bits per heavy atom. The Labute approximate surface area is 64.4 Å². The van der Waals surface area contributed by atoms with Crippen LogP contribution in [0.1, 0.15) is 21.0 Å². The van der Waals surface area contributed by atoms with Gasteiger partial charge in [0.25, 0.3) is 0 Å². The summed E-state index contributed by atoms with van der Waals surface area (Å²) in [6, 6.07) is 0. The van der Waals surface area contributed by atoms with Crippen molar-refractivity contribution < 1.29 is 19.8 Å². The van der Waals surface area contributed by atoms with Crippen molar-refractivity contribution in [2.24, 2.45) is 0 Å². The Bertz CT molecular complexity index is 278. The Kier molecular flexibility index (Phi) is 1.81. The minimum absolute atomic E-state index is 0.512. The quantitative estimate of drug-likeness (QED) is 0.651. The Morgan fingerprint density at radius 1 is 1.09 bits per heavy atom. The standard InChI is InChI=1S/C4H2N2O4S/c7-3(8)1-2(4(9)10)6-11-5-1/h(H,7,8)(H,9,10). The fourth-order valence-corrected chi connectivity index (χ4v) is 1.00. The van der Waals surface area contributed by atoms with Gasteiger partial charge in [0.1, 0.15) is 0 Å². The third-order valence-electron chi connectivity index (χ3n) is 0.894. The molecule has 0 aromatic carbocycles. The van der Waals surface area contributed by atoms with Gasteiger partial charge >= 0.3 is 11.9 Å². The van der Waals surface area contributed by atoms with Gasteiger partial charge in [0.2, 0.25) is 0 Å². The third-order valence-corrected chi connectivity index (χ3v) is 1.42. The largest absolute Gasteiger partial charge is 0.476 e. The summed E-state index contributed by atoms with van der Waals surface area (Å²) < 4.78 is 6.57. The van der Waals surface area contributed by atoms with Gasteiger partial charge < -0.3 is 10.2 Å². The zero-order valence-electron chi connectivity index (χ0n) is 5.01. The van der Waals surface area contributed by atoms with Crippen molar-refractivity contribution in [3.63, 3.8) is 0 Å². The molecule has 1 heterocycles. The monoisotopic (exact) mass is 174 g/mol. The van der Waals surface area contributed by atoms with Crippen molar-refractivity contribution in [1.29, 1.82) is 0 Å². The highest BCUT2D eigenvalue weighted by Gasteiger charge is 2.20. The van der Waals surface area contributed by atoms with E-state index in [0.717, 1.165) is 0 Å². The van der Waals surface area contributed by atoms with Gasteiger partial charge in [0, 0.05) is 0 Å². The fourth-order valence-electron chi connectivity index (χ4n) is 0.469. The van der Waals surface area contributed by atoms with Gasteiger partial charge in [-0.2, -0.15) is 8.75 Å². The van der Waals surface area contributed by atoms with Gasteiger partial charge in [-0.05, 0) is 0 Å². The first kappa shape index (κ1) is 7.61. The van der Waals surface area contributed by atoms with E-state index in [2.05, 4.69) is 8.75 Å². The van der Waals surface area contributed by atoms with Crippen molar-refractivity contribution in [3.05, 3.63) is 11.4 Å². The molecule has 7 heteroatoms. The number of carboxylic acids is 2. The molecule has 0 spiro atoms. The zero-order valence-corrected chi connectivity index (χ0v) is 5.83. The van der Waals surface area contributed by atoms with Crippen molar-refractivity contribution in [2.45, 2.75) is 0 Å². The average Bonchev–Trinajstić information content (AvgIpc) is 2.32. The van der Waals surface area contributed by atoms with E-state index in [-0.39, 0.29) is 0 Å². The minimum Gasteiger partial charge on any atom is -0.476 e. The highest BCUT2D eigenvalue weighted by Crippen LogP contribution is 2.04. The number of hydrogen-bond acceptors (Lipinski definition) is 5. The molecule has 0 fully saturated rings. The maximum absolute atomic E-state index is 10.2. The lowest BCUT2D eigenvalue weighted by Crippen LogP contribution is -2.07. The molecule has 0 bridgehead atoms. The van der Waals surface area contributed by atoms with Crippen LogP contribution in [-0.2, 0) is 0 Å². The number of hydrogen-bond donors (Lipinski definition) is 2. The average molecular weight is 174 g/mol. The SMILES string of the molecule is O=C(O)c1nsnc1C(=O)O. The molecule has 58 valence electrons. The summed E-state index contributed by atoms with van der Waals surface area (Å²) in [6.45, 7) is 0. The van der Waals surface area contributed by atoms with E-state index >= 15 is 0 Å². The second-order valence-corrected chi connectivity index (χ2v) is 2.10. The molecule has 0 amide bonds. The molecule has 2 N–H and O–H groups in total. The predicted molar refractivity (Wildman–Crippen MR) is 33.8 cm³/mol. The summed E-state index contributed by atoms with van der Waals surface area (Å²) in [4.78, 5) is 20.5. The van der Waals surface area contributed by atoms with E-state index in [1.54, 1.807) is 0 Å². The normalized spacial score (nSPS) is 9.45. The summed E-state index contributed by atoms with van der Waals surface area (Å²) in [7, 11) is 0. The topological polar surface area (TPSA) is 100 Å². The number of nitrogens with zero attached hydrogens (tertiary/aromatic N) is 2. The summed E-state index contributed by atoms with van der Waals surface area (Å²) in [5, 5.41) is 16.7. The summed E-state index contributed by atoms with van der Waals surface area (Å²) >= 11 is 0.561. The van der Waals surface area contributed by atoms with Crippen LogP contribution in [-0.4, -0.2) is 30.9 Å². The van der Waals surface area contributed by atoms with Crippen LogP contribution in [0.25, 0.3) is 0 Å². The van der Waals surface area contributed by atoms with Crippen molar-refractivity contribution >= 4 is 23.7 Å². The fraction of sp³-hybridized carbons (Fsp3) is 0. The summed E-state index contributed by atoms with van der Waals surface area (Å²) in [5.41, 5.74) is -1.02. The molecule has 1 rings (SSSR count). The number of aromatic carboxylic acids is 2. The number of carboxylic acid groups (broad SMARTS) is 2. The maximum Gasteiger partial charge on any atom is 0.358 e. The van der Waals surface area contributed by atoms with Gasteiger partial charge in [0.05, 0.1) is 11.7 Å². The van der Waals surface area contributed by atoms with Gasteiger partial charge in [-0.3, -0.25) is 0 Å². The molecule has 0 aliphatic carbocycles. The van der Waals surface area contributed by atoms with Gasteiger partial charge in [-0.15, -0.1) is 0 Å². The van der Waals surface area contributed by atoms with Crippen LogP contribution in [0.3, 0.4) is 0 Å². The summed E-state index contributed by atoms with van der Waals surface area (Å²) in [5.74, 6) is -2.76. The Morgan fingerprint density at radius 2 is 1.45 bits per heavy atom. The number of rotatable bonds is 2. The third kappa shape index (κ3) is 1.32. The van der Waals surface area contributed by atoms with Crippen molar-refractivity contribution in [2.75, 3.05) is 0 Å². The lowest BCUT2D eigenvalue weighted by atomic mass is 10.3. The lowest BCUT2D eigenvalue weighted by molar-refractivity contribution is 0.0644. The second kappa shape index (κ2) is 2.62. The van der Waals surface area contributed by atoms with Crippen LogP contribution < -0.4 is 0 Å². The van der Waals surface area contributed by atoms with Crippen LogP contribution >= 0.6 is 11.7 Å². The highest BCUT2D eigenvalue weighted by molar-refractivity contribution is 6.99. The number of aromatic nitrogens is 2. The van der Waals surface area contributed by atoms with E-state index in [0.29, 0.717) is 11.7 Å². The van der Waals surface area contributed by atoms with Gasteiger partial charge in [-0.1, -0.05) is 0 Å². The molecular weight excluding hydrogens is 172 g/mol. The molecule has 0 saturated carbocycles. The van der Waals surface area contributed by atoms with E-state index in [1.165, 1.54) is 0 Å². The van der Waals surface area contributed by atoms with Gasteiger partial charge in [-0.25, -0.2) is 9.59 Å². The smallest absolute Gasteiger partial charge is 0.358 e. The summed E-state index contributed by atoms with van der Waals surface area (Å²) in [6.07, 6.45) is 0. The van der Waals surface area contributed by atoms with Crippen LogP contribution in [0.5, 0.6) is 0 Å². The van der Waals surface area contributed by atoms with Crippen LogP contribution in [0.15, 0.2) is 0 Å². The molecule has 0 unspecified atom stereocenters.